The Hall–Kier alpha value is -1.74. The molecule has 0 aromatic heterocycles. The van der Waals surface area contributed by atoms with E-state index in [9.17, 15) is 8.78 Å². The van der Waals surface area contributed by atoms with Crippen molar-refractivity contribution in [2.24, 2.45) is 4.99 Å². The van der Waals surface area contributed by atoms with E-state index in [0.717, 1.165) is 0 Å². The molecule has 0 bridgehead atoms. The van der Waals surface area contributed by atoms with Crippen LogP contribution in [0.25, 0.3) is 0 Å². The molecule has 0 unspecified atom stereocenters. The van der Waals surface area contributed by atoms with E-state index in [4.69, 9.17) is 11.6 Å². The van der Waals surface area contributed by atoms with Crippen LogP contribution in [0.4, 0.5) is 14.5 Å². The van der Waals surface area contributed by atoms with E-state index in [1.54, 1.807) is 31.2 Å². The van der Waals surface area contributed by atoms with Crippen LogP contribution in [0.15, 0.2) is 41.4 Å². The highest BCUT2D eigenvalue weighted by molar-refractivity contribution is 6.30. The smallest absolute Gasteiger partial charge is 0.135 e. The van der Waals surface area contributed by atoms with Crippen LogP contribution in [0.3, 0.4) is 0 Å². The van der Waals surface area contributed by atoms with Gasteiger partial charge in [-0.2, -0.15) is 0 Å². The molecule has 0 aliphatic rings. The fourth-order valence-electron chi connectivity index (χ4n) is 1.50. The van der Waals surface area contributed by atoms with Crippen LogP contribution in [-0.2, 0) is 0 Å². The van der Waals surface area contributed by atoms with Crippen molar-refractivity contribution in [1.29, 1.82) is 0 Å². The minimum absolute atomic E-state index is 0.143. The van der Waals surface area contributed by atoms with Crippen molar-refractivity contribution >= 4 is 23.5 Å². The SMILES string of the molecule is Cc1cc(F)c(C=Nc2ccc(Cl)cc2)c(F)c1. The van der Waals surface area contributed by atoms with Crippen molar-refractivity contribution < 1.29 is 8.78 Å². The van der Waals surface area contributed by atoms with Crippen molar-refractivity contribution in [1.82, 2.24) is 0 Å². The molecule has 4 heteroatoms. The minimum Gasteiger partial charge on any atom is -0.256 e. The summed E-state index contributed by atoms with van der Waals surface area (Å²) in [5.41, 5.74) is 0.975. The largest absolute Gasteiger partial charge is 0.256 e. The lowest BCUT2D eigenvalue weighted by molar-refractivity contribution is 0.578. The molecule has 0 heterocycles. The molecular weight excluding hydrogens is 256 g/mol. The van der Waals surface area contributed by atoms with Gasteiger partial charge in [0.2, 0.25) is 0 Å². The van der Waals surface area contributed by atoms with Crippen LogP contribution in [0.2, 0.25) is 5.02 Å². The molecule has 0 amide bonds. The topological polar surface area (TPSA) is 12.4 Å². The third-order valence-corrected chi connectivity index (χ3v) is 2.64. The predicted octanol–water partition coefficient (Wildman–Crippen LogP) is 4.68. The molecule has 0 N–H and O–H groups in total. The van der Waals surface area contributed by atoms with Crippen LogP contribution < -0.4 is 0 Å². The summed E-state index contributed by atoms with van der Waals surface area (Å²) in [4.78, 5) is 4.01. The summed E-state index contributed by atoms with van der Waals surface area (Å²) in [5, 5.41) is 0.585. The number of aliphatic imine (C=N–C) groups is 1. The number of aryl methyl sites for hydroxylation is 1. The van der Waals surface area contributed by atoms with Gasteiger partial charge in [0.25, 0.3) is 0 Å². The fourth-order valence-corrected chi connectivity index (χ4v) is 1.63. The first-order valence-corrected chi connectivity index (χ1v) is 5.69. The molecule has 92 valence electrons. The van der Waals surface area contributed by atoms with Crippen LogP contribution in [0.5, 0.6) is 0 Å². The van der Waals surface area contributed by atoms with E-state index in [-0.39, 0.29) is 5.56 Å². The molecule has 2 rings (SSSR count). The summed E-state index contributed by atoms with van der Waals surface area (Å²) >= 11 is 5.72. The Morgan fingerprint density at radius 3 is 2.17 bits per heavy atom. The zero-order chi connectivity index (χ0) is 13.1. The Balaban J connectivity index is 2.31. The first-order chi connectivity index (χ1) is 8.56. The normalized spacial score (nSPS) is 11.1. The molecule has 18 heavy (non-hydrogen) atoms. The molecule has 0 fully saturated rings. The van der Waals surface area contributed by atoms with Crippen LogP contribution in [0, 0.1) is 18.6 Å². The number of hydrogen-bond acceptors (Lipinski definition) is 1. The molecule has 0 atom stereocenters. The summed E-state index contributed by atoms with van der Waals surface area (Å²) in [6, 6.07) is 9.20. The fraction of sp³-hybridized carbons (Fsp3) is 0.0714. The number of halogens is 3. The molecule has 0 spiro atoms. The second-order valence-corrected chi connectivity index (χ2v) is 4.31. The monoisotopic (exact) mass is 265 g/mol. The molecule has 2 aromatic carbocycles. The lowest BCUT2D eigenvalue weighted by Crippen LogP contribution is -1.95. The average Bonchev–Trinajstić information content (AvgIpc) is 2.30. The van der Waals surface area contributed by atoms with Gasteiger partial charge in [0, 0.05) is 11.2 Å². The number of rotatable bonds is 2. The van der Waals surface area contributed by atoms with Crippen molar-refractivity contribution in [3.63, 3.8) is 0 Å². The standard InChI is InChI=1S/C14H10ClF2N/c1-9-6-13(16)12(14(17)7-9)8-18-11-4-2-10(15)3-5-11/h2-8H,1H3. The highest BCUT2D eigenvalue weighted by Gasteiger charge is 2.07. The summed E-state index contributed by atoms with van der Waals surface area (Å²) in [6.45, 7) is 1.63. The van der Waals surface area contributed by atoms with E-state index in [1.165, 1.54) is 18.3 Å². The number of benzene rings is 2. The minimum atomic E-state index is -0.620. The quantitative estimate of drug-likeness (QED) is 0.699. The van der Waals surface area contributed by atoms with Crippen LogP contribution in [-0.4, -0.2) is 6.21 Å². The lowest BCUT2D eigenvalue weighted by atomic mass is 10.1. The predicted molar refractivity (Wildman–Crippen MR) is 69.8 cm³/mol. The Morgan fingerprint density at radius 1 is 1.06 bits per heavy atom. The molecule has 2 aromatic rings. The Labute approximate surface area is 109 Å². The van der Waals surface area contributed by atoms with Gasteiger partial charge >= 0.3 is 0 Å². The van der Waals surface area contributed by atoms with Gasteiger partial charge in [0.05, 0.1) is 11.3 Å². The molecule has 0 aliphatic heterocycles. The maximum Gasteiger partial charge on any atom is 0.135 e. The number of nitrogens with zero attached hydrogens (tertiary/aromatic N) is 1. The van der Waals surface area contributed by atoms with Crippen molar-refractivity contribution in [2.45, 2.75) is 6.92 Å². The van der Waals surface area contributed by atoms with Gasteiger partial charge in [0.15, 0.2) is 0 Å². The summed E-state index contributed by atoms with van der Waals surface area (Å²) < 4.78 is 27.1. The molecule has 0 saturated carbocycles. The van der Waals surface area contributed by atoms with Gasteiger partial charge in [-0.3, -0.25) is 4.99 Å². The summed E-state index contributed by atoms with van der Waals surface area (Å²) in [7, 11) is 0. The van der Waals surface area contributed by atoms with E-state index in [1.807, 2.05) is 0 Å². The summed E-state index contributed by atoms with van der Waals surface area (Å²) in [6.07, 6.45) is 1.17. The second-order valence-electron chi connectivity index (χ2n) is 3.88. The molecule has 1 nitrogen and oxygen atoms in total. The highest BCUT2D eigenvalue weighted by atomic mass is 35.5. The Morgan fingerprint density at radius 2 is 1.61 bits per heavy atom. The van der Waals surface area contributed by atoms with E-state index in [0.29, 0.717) is 16.3 Å². The van der Waals surface area contributed by atoms with Crippen molar-refractivity contribution in [2.75, 3.05) is 0 Å². The average molecular weight is 266 g/mol. The van der Waals surface area contributed by atoms with Gasteiger partial charge in [-0.25, -0.2) is 8.78 Å². The van der Waals surface area contributed by atoms with E-state index >= 15 is 0 Å². The zero-order valence-electron chi connectivity index (χ0n) is 9.62. The zero-order valence-corrected chi connectivity index (χ0v) is 10.4. The van der Waals surface area contributed by atoms with Gasteiger partial charge in [0.1, 0.15) is 11.6 Å². The van der Waals surface area contributed by atoms with Crippen molar-refractivity contribution in [3.8, 4) is 0 Å². The molecule has 0 aliphatic carbocycles. The first kappa shape index (κ1) is 12.7. The number of hydrogen-bond donors (Lipinski definition) is 0. The maximum atomic E-state index is 13.5. The van der Waals surface area contributed by atoms with E-state index in [2.05, 4.69) is 4.99 Å². The molecule has 0 radical (unpaired) electrons. The third kappa shape index (κ3) is 2.93. The Kier molecular flexibility index (Phi) is 3.72. The van der Waals surface area contributed by atoms with Crippen LogP contribution >= 0.6 is 11.6 Å². The van der Waals surface area contributed by atoms with Gasteiger partial charge in [-0.05, 0) is 48.9 Å². The van der Waals surface area contributed by atoms with Gasteiger partial charge in [-0.15, -0.1) is 0 Å². The second kappa shape index (κ2) is 5.27. The van der Waals surface area contributed by atoms with E-state index < -0.39 is 11.6 Å². The maximum absolute atomic E-state index is 13.5. The molecule has 0 saturated heterocycles. The highest BCUT2D eigenvalue weighted by Crippen LogP contribution is 2.18. The van der Waals surface area contributed by atoms with Gasteiger partial charge < -0.3 is 0 Å². The molecular formula is C14H10ClF2N. The van der Waals surface area contributed by atoms with Crippen molar-refractivity contribution in [3.05, 3.63) is 64.2 Å². The lowest BCUT2D eigenvalue weighted by Gasteiger charge is -2.01. The third-order valence-electron chi connectivity index (χ3n) is 2.39. The first-order valence-electron chi connectivity index (χ1n) is 5.31. The summed E-state index contributed by atoms with van der Waals surface area (Å²) in [5.74, 6) is -1.24. The van der Waals surface area contributed by atoms with Gasteiger partial charge in [-0.1, -0.05) is 11.6 Å². The Bertz CT molecular complexity index is 568. The van der Waals surface area contributed by atoms with Crippen LogP contribution in [0.1, 0.15) is 11.1 Å².